The lowest BCUT2D eigenvalue weighted by Crippen LogP contribution is -2.31. The molecule has 3 atom stereocenters. The smallest absolute Gasteiger partial charge is 0.349 e. The second-order valence-electron chi connectivity index (χ2n) is 33.0. The zero-order valence-corrected chi connectivity index (χ0v) is 72.1. The number of hydrogen-bond donors (Lipinski definition) is 4. The molecule has 0 saturated heterocycles. The van der Waals surface area contributed by atoms with Gasteiger partial charge < -0.3 is 23.0 Å². The van der Waals surface area contributed by atoms with Gasteiger partial charge in [-0.25, -0.2) is 39.1 Å². The van der Waals surface area contributed by atoms with Crippen molar-refractivity contribution in [2.75, 3.05) is 6.61 Å². The van der Waals surface area contributed by atoms with Gasteiger partial charge in [-0.3, -0.25) is 39.1 Å². The van der Waals surface area contributed by atoms with E-state index in [-0.39, 0.29) is 40.6 Å². The van der Waals surface area contributed by atoms with E-state index >= 15 is 0 Å². The summed E-state index contributed by atoms with van der Waals surface area (Å²) in [6.07, 6.45) is 6.72. The van der Waals surface area contributed by atoms with E-state index in [9.17, 15) is 38.4 Å². The third-order valence-electron chi connectivity index (χ3n) is 22.5. The predicted octanol–water partition coefficient (Wildman–Crippen LogP) is 15.0. The Bertz CT molecular complexity index is 6840. The molecular formula is C97H106N16O9. The molecule has 16 rings (SSSR count). The molecule has 8 aromatic carbocycles. The topological polar surface area (TPSA) is 332 Å². The van der Waals surface area contributed by atoms with Crippen LogP contribution in [-0.4, -0.2) is 90.8 Å². The lowest BCUT2D eigenvalue weighted by Gasteiger charge is -2.23. The predicted molar refractivity (Wildman–Crippen MR) is 483 cm³/mol. The average Bonchev–Trinajstić information content (AvgIpc) is 0.765. The number of benzene rings is 8. The largest absolute Gasteiger partial charge is 0.376 e. The summed E-state index contributed by atoms with van der Waals surface area (Å²) in [4.78, 5) is 141. The Kier molecular flexibility index (Phi) is 27.0. The Morgan fingerprint density at radius 3 is 1.17 bits per heavy atom. The fourth-order valence-electron chi connectivity index (χ4n) is 15.9. The van der Waals surface area contributed by atoms with Crippen LogP contribution in [-0.2, 0) is 69.4 Å². The van der Waals surface area contributed by atoms with Crippen LogP contribution in [0.3, 0.4) is 0 Å². The van der Waals surface area contributed by atoms with Gasteiger partial charge in [-0.2, -0.15) is 19.9 Å². The maximum atomic E-state index is 12.5. The number of H-pyrrole nitrogens is 4. The van der Waals surface area contributed by atoms with Crippen molar-refractivity contribution in [3.8, 4) is 46.1 Å². The highest BCUT2D eigenvalue weighted by Crippen LogP contribution is 2.32. The van der Waals surface area contributed by atoms with Crippen LogP contribution >= 0.6 is 0 Å². The molecule has 0 radical (unpaired) electrons. The van der Waals surface area contributed by atoms with Crippen molar-refractivity contribution in [1.29, 1.82) is 0 Å². The third-order valence-corrected chi connectivity index (χ3v) is 22.5. The minimum absolute atomic E-state index is 0.161. The Morgan fingerprint density at radius 2 is 0.738 bits per heavy atom. The van der Waals surface area contributed by atoms with Gasteiger partial charge in [0.1, 0.15) is 0 Å². The van der Waals surface area contributed by atoms with E-state index < -0.39 is 45.0 Å². The second kappa shape index (κ2) is 38.1. The van der Waals surface area contributed by atoms with E-state index in [2.05, 4.69) is 278 Å². The summed E-state index contributed by atoms with van der Waals surface area (Å²) in [7, 11) is 0. The number of aromatic amines is 4. The first kappa shape index (κ1) is 86.7. The van der Waals surface area contributed by atoms with Crippen LogP contribution in [0.15, 0.2) is 196 Å². The van der Waals surface area contributed by atoms with Gasteiger partial charge in [0.05, 0.1) is 56.8 Å². The number of nitrogens with one attached hydrogen (secondary N) is 4. The molecule has 0 bridgehead atoms. The number of rotatable bonds is 23. The standard InChI is InChI=1S/C25H28N4O3.3C24H26N4O2/c1-5-18-13-20-21(11-16(18)4)29(23-22(26-20)24(30)28-25(31)27-23)14-19(32-6-2)12-17-9-7-15(3)8-10-17;1-14(2)18-9-10-20-19(13-18)25-21-22(26-24(30)27-23(21)29)28(20)12-11-16(4)17-7-5-15(3)6-8-17;1-15(2)13-18-10-11-20-19(14-18)25-21-22(26-24(30)27-23(21)29)28(20)12-4-5-17-8-6-16(3)7-9-17;1-5-18-12-19-20(11-16(18)4)28(22-21(25-19)23(29)27-24(30)26-22)13-15(3)10-17-8-6-14(2)7-9-17/h7-11,13,19H,5-6,12,14H2,1-4H3,(H,28,30,31);5-10,13-14,16H,11-12H2,1-4H3,(H,27,29,30);6-11,14-15H,4-5,12-13H2,1-3H3,(H,27,29,30);6-9,11-12,15H,5,10,13H2,1-4H3,(H,27,29,30). The molecular weight excluding hydrogens is 1530 g/mol. The summed E-state index contributed by atoms with van der Waals surface area (Å²) in [5, 5.41) is 0. The van der Waals surface area contributed by atoms with Crippen LogP contribution in [0.2, 0.25) is 0 Å². The summed E-state index contributed by atoms with van der Waals surface area (Å²) in [5.41, 5.74) is 19.4. The quantitative estimate of drug-likeness (QED) is 0.0432. The van der Waals surface area contributed by atoms with Gasteiger partial charge in [0.2, 0.25) is 0 Å². The maximum Gasteiger partial charge on any atom is 0.349 e. The molecule has 0 amide bonds. The first-order valence-electron chi connectivity index (χ1n) is 42.1. The lowest BCUT2D eigenvalue weighted by molar-refractivity contribution is 0.0517. The molecule has 3 unspecified atom stereocenters. The second-order valence-corrected chi connectivity index (χ2v) is 33.0. The minimum atomic E-state index is -0.675. The molecule has 0 aromatic heterocycles. The summed E-state index contributed by atoms with van der Waals surface area (Å²) < 4.78 is 13.9. The molecule has 25 heteroatoms. The molecule has 0 fully saturated rings. The van der Waals surface area contributed by atoms with E-state index in [1.54, 1.807) is 0 Å². The summed E-state index contributed by atoms with van der Waals surface area (Å²) in [6, 6.07) is 54.4. The molecule has 0 spiro atoms. The molecule has 8 aromatic rings. The molecule has 4 N–H and O–H groups in total. The number of aromatic nitrogens is 16. The minimum Gasteiger partial charge on any atom is -0.376 e. The third kappa shape index (κ3) is 20.3. The number of ether oxygens (including phenoxy) is 1. The van der Waals surface area contributed by atoms with E-state index in [0.717, 1.165) is 100 Å². The first-order valence-corrected chi connectivity index (χ1v) is 42.1. The molecule has 0 aliphatic carbocycles. The Hall–Kier alpha value is -13.2. The molecule has 122 heavy (non-hydrogen) atoms. The van der Waals surface area contributed by atoms with Crippen molar-refractivity contribution in [3.63, 3.8) is 0 Å². The van der Waals surface area contributed by atoms with E-state index in [4.69, 9.17) is 4.74 Å². The van der Waals surface area contributed by atoms with E-state index in [1.807, 2.05) is 61.6 Å². The molecule has 628 valence electrons. The lowest BCUT2D eigenvalue weighted by atomic mass is 9.96. The maximum absolute atomic E-state index is 12.5. The Morgan fingerprint density at radius 1 is 0.361 bits per heavy atom. The normalized spacial score (nSPS) is 12.3. The van der Waals surface area contributed by atoms with Crippen molar-refractivity contribution in [2.24, 2.45) is 11.8 Å². The molecule has 25 nitrogen and oxygen atoms in total. The van der Waals surface area contributed by atoms with Crippen LogP contribution < -0.4 is 45.0 Å². The van der Waals surface area contributed by atoms with Gasteiger partial charge in [-0.1, -0.05) is 187 Å². The van der Waals surface area contributed by atoms with Gasteiger partial charge in [0.25, 0.3) is 22.2 Å². The van der Waals surface area contributed by atoms with E-state index in [1.165, 1.54) is 61.2 Å². The van der Waals surface area contributed by atoms with E-state index in [0.29, 0.717) is 80.0 Å². The van der Waals surface area contributed by atoms with Crippen molar-refractivity contribution in [3.05, 3.63) is 319 Å². The molecule has 8 aliphatic rings. The van der Waals surface area contributed by atoms with Crippen LogP contribution in [0.4, 0.5) is 0 Å². The van der Waals surface area contributed by atoms with Gasteiger partial charge in [0, 0.05) is 32.7 Å². The number of hydrogen-bond acceptors (Lipinski definition) is 17. The first-order chi connectivity index (χ1) is 58.5. The SMILES string of the molecule is CCOC(Cc1ccc(C)cc1)Cn1c2nc(=O)[nH]c(=O)c-2nc2cc(CC)c(C)cc21.CCc1cc2nc3c(=O)[nH]c(=O)nc-3n(CC(C)Cc3ccc(C)cc3)c2cc1C.Cc1ccc(C(C)CCn2c3nc(=O)[nH]c(=O)c-3nc3cc(C(C)C)ccc32)cc1.Cc1ccc(CCCn2c3nc(=O)[nH]c(=O)c-3nc3cc(CC(C)C)ccc32)cc1. The molecule has 8 aliphatic heterocycles. The van der Waals surface area contributed by atoms with Gasteiger partial charge in [-0.15, -0.1) is 0 Å². The van der Waals surface area contributed by atoms with Crippen LogP contribution in [0.1, 0.15) is 165 Å². The highest BCUT2D eigenvalue weighted by Gasteiger charge is 2.27. The Labute approximate surface area is 706 Å². The van der Waals surface area contributed by atoms with Gasteiger partial charge in [0.15, 0.2) is 46.1 Å². The van der Waals surface area contributed by atoms with Crippen molar-refractivity contribution >= 4 is 44.1 Å². The van der Waals surface area contributed by atoms with Gasteiger partial charge in [-0.05, 0) is 221 Å². The molecule has 8 heterocycles. The van der Waals surface area contributed by atoms with Crippen molar-refractivity contribution in [2.45, 2.75) is 199 Å². The zero-order valence-electron chi connectivity index (χ0n) is 72.1. The highest BCUT2D eigenvalue weighted by molar-refractivity contribution is 5.84. The van der Waals surface area contributed by atoms with Crippen LogP contribution in [0, 0.1) is 53.4 Å². The van der Waals surface area contributed by atoms with Crippen molar-refractivity contribution in [1.82, 2.24) is 78.1 Å². The average molecular weight is 1640 g/mol. The van der Waals surface area contributed by atoms with Crippen LogP contribution in [0.5, 0.6) is 0 Å². The number of nitrogens with zero attached hydrogens (tertiary/aromatic N) is 12. The summed E-state index contributed by atoms with van der Waals surface area (Å²) in [6.45, 7) is 34.4. The summed E-state index contributed by atoms with van der Waals surface area (Å²) in [5.74, 6) is 2.77. The fourth-order valence-corrected chi connectivity index (χ4v) is 15.9. The summed E-state index contributed by atoms with van der Waals surface area (Å²) >= 11 is 0. The monoisotopic (exact) mass is 1640 g/mol. The zero-order chi connectivity index (χ0) is 86.9. The van der Waals surface area contributed by atoms with Crippen LogP contribution in [0.25, 0.3) is 90.2 Å². The fraction of sp³-hybridized carbons (Fsp3) is 0.340. The molecule has 0 saturated carbocycles. The van der Waals surface area contributed by atoms with Gasteiger partial charge >= 0.3 is 22.8 Å². The number of fused-ring (bicyclic) bond motifs is 8. The number of aryl methyl sites for hydroxylation is 11. The highest BCUT2D eigenvalue weighted by atomic mass is 16.5. The Balaban J connectivity index is 0.000000140. The van der Waals surface area contributed by atoms with Crippen molar-refractivity contribution < 1.29 is 4.74 Å².